The predicted octanol–water partition coefficient (Wildman–Crippen LogP) is 2.86. The van der Waals surface area contributed by atoms with E-state index in [1.165, 1.54) is 5.56 Å². The molecule has 1 atom stereocenters. The van der Waals surface area contributed by atoms with Crippen molar-refractivity contribution in [2.75, 3.05) is 32.8 Å². The molecule has 0 aliphatic carbocycles. The number of nitrogens with zero attached hydrogens (tertiary/aromatic N) is 1. The smallest absolute Gasteiger partial charge is 0.251 e. The van der Waals surface area contributed by atoms with E-state index in [9.17, 15) is 4.79 Å². The molecule has 1 N–H and O–H groups in total. The minimum Gasteiger partial charge on any atom is -0.379 e. The fourth-order valence-corrected chi connectivity index (χ4v) is 3.51. The van der Waals surface area contributed by atoms with E-state index in [2.05, 4.69) is 27.0 Å². The van der Waals surface area contributed by atoms with Crippen LogP contribution in [0.3, 0.4) is 0 Å². The number of thiophene rings is 1. The molecule has 1 amide bonds. The van der Waals surface area contributed by atoms with Crippen LogP contribution in [-0.4, -0.2) is 43.7 Å². The summed E-state index contributed by atoms with van der Waals surface area (Å²) in [4.78, 5) is 14.8. The van der Waals surface area contributed by atoms with Crippen molar-refractivity contribution < 1.29 is 9.53 Å². The second kappa shape index (κ2) is 7.73. The van der Waals surface area contributed by atoms with E-state index in [4.69, 9.17) is 4.74 Å². The maximum absolute atomic E-state index is 12.4. The van der Waals surface area contributed by atoms with Crippen molar-refractivity contribution in [3.63, 3.8) is 0 Å². The second-order valence-corrected chi connectivity index (χ2v) is 6.58. The summed E-state index contributed by atoms with van der Waals surface area (Å²) in [5, 5.41) is 7.34. The summed E-state index contributed by atoms with van der Waals surface area (Å²) < 4.78 is 5.45. The zero-order valence-electron chi connectivity index (χ0n) is 13.3. The van der Waals surface area contributed by atoms with Crippen LogP contribution in [0.25, 0.3) is 0 Å². The van der Waals surface area contributed by atoms with Crippen LogP contribution in [0.5, 0.6) is 0 Å². The van der Waals surface area contributed by atoms with Gasteiger partial charge < -0.3 is 10.1 Å². The largest absolute Gasteiger partial charge is 0.379 e. The summed E-state index contributed by atoms with van der Waals surface area (Å²) in [6.07, 6.45) is 0. The van der Waals surface area contributed by atoms with E-state index < -0.39 is 0 Å². The van der Waals surface area contributed by atoms with Gasteiger partial charge in [0.25, 0.3) is 5.91 Å². The van der Waals surface area contributed by atoms with Gasteiger partial charge in [0.2, 0.25) is 0 Å². The van der Waals surface area contributed by atoms with Gasteiger partial charge in [0, 0.05) is 25.2 Å². The van der Waals surface area contributed by atoms with Gasteiger partial charge in [0.1, 0.15) is 0 Å². The van der Waals surface area contributed by atoms with Crippen molar-refractivity contribution in [2.24, 2.45) is 0 Å². The highest BCUT2D eigenvalue weighted by Crippen LogP contribution is 2.23. The lowest BCUT2D eigenvalue weighted by Gasteiger charge is -2.34. The van der Waals surface area contributed by atoms with Gasteiger partial charge in [-0.15, -0.1) is 0 Å². The summed E-state index contributed by atoms with van der Waals surface area (Å²) in [7, 11) is 0. The highest BCUT2D eigenvalue weighted by atomic mass is 32.1. The summed E-state index contributed by atoms with van der Waals surface area (Å²) in [5.74, 6) is -0.0153. The number of nitrogens with one attached hydrogen (secondary N) is 1. The Hall–Kier alpha value is -1.69. The molecule has 0 saturated carbocycles. The van der Waals surface area contributed by atoms with Gasteiger partial charge in [-0.05, 0) is 41.4 Å². The van der Waals surface area contributed by atoms with Gasteiger partial charge >= 0.3 is 0 Å². The lowest BCUT2D eigenvalue weighted by Crippen LogP contribution is -2.43. The monoisotopic (exact) mass is 330 g/mol. The first-order valence-electron chi connectivity index (χ1n) is 7.93. The van der Waals surface area contributed by atoms with Gasteiger partial charge in [-0.3, -0.25) is 9.69 Å². The minimum atomic E-state index is -0.0153. The second-order valence-electron chi connectivity index (χ2n) is 5.80. The Balaban J connectivity index is 1.66. The third kappa shape index (κ3) is 4.19. The van der Waals surface area contributed by atoms with E-state index in [1.807, 2.05) is 31.2 Å². The van der Waals surface area contributed by atoms with Crippen molar-refractivity contribution in [2.45, 2.75) is 13.0 Å². The maximum Gasteiger partial charge on any atom is 0.251 e. The fourth-order valence-electron chi connectivity index (χ4n) is 2.81. The Labute approximate surface area is 141 Å². The molecule has 1 saturated heterocycles. The number of aryl methyl sites for hydroxylation is 1. The van der Waals surface area contributed by atoms with Crippen molar-refractivity contribution in [1.82, 2.24) is 10.2 Å². The van der Waals surface area contributed by atoms with Gasteiger partial charge in [0.05, 0.1) is 19.3 Å². The zero-order chi connectivity index (χ0) is 16.1. The Morgan fingerprint density at radius 1 is 1.26 bits per heavy atom. The fraction of sp³-hybridized carbons (Fsp3) is 0.389. The third-order valence-electron chi connectivity index (χ3n) is 4.18. The molecule has 1 aliphatic heterocycles. The molecule has 3 rings (SSSR count). The van der Waals surface area contributed by atoms with Crippen LogP contribution in [-0.2, 0) is 4.74 Å². The van der Waals surface area contributed by atoms with E-state index in [-0.39, 0.29) is 11.9 Å². The molecule has 1 aromatic heterocycles. The molecule has 2 heterocycles. The minimum absolute atomic E-state index is 0.0153. The first-order valence-corrected chi connectivity index (χ1v) is 8.87. The predicted molar refractivity (Wildman–Crippen MR) is 93.0 cm³/mol. The SMILES string of the molecule is Cc1ccc(C(=O)NC[C@H](c2ccsc2)N2CCOCC2)cc1. The Bertz CT molecular complexity index is 619. The number of hydrogen-bond acceptors (Lipinski definition) is 4. The lowest BCUT2D eigenvalue weighted by atomic mass is 10.1. The van der Waals surface area contributed by atoms with E-state index in [0.717, 1.165) is 31.9 Å². The van der Waals surface area contributed by atoms with E-state index >= 15 is 0 Å². The molecule has 0 spiro atoms. The number of carbonyl (C=O) groups excluding carboxylic acids is 1. The quantitative estimate of drug-likeness (QED) is 0.916. The standard InChI is InChI=1S/C18H22N2O2S/c1-14-2-4-15(5-3-14)18(21)19-12-17(16-6-11-23-13-16)20-7-9-22-10-8-20/h2-6,11,13,17H,7-10,12H2,1H3,(H,19,21)/t17-/m1/s1. The van der Waals surface area contributed by atoms with Crippen molar-refractivity contribution >= 4 is 17.2 Å². The molecule has 0 bridgehead atoms. The number of carbonyl (C=O) groups is 1. The normalized spacial score (nSPS) is 16.9. The number of benzene rings is 1. The Morgan fingerprint density at radius 2 is 2.00 bits per heavy atom. The van der Waals surface area contributed by atoms with Crippen LogP contribution >= 0.6 is 11.3 Å². The molecular weight excluding hydrogens is 308 g/mol. The van der Waals surface area contributed by atoms with Crippen molar-refractivity contribution in [1.29, 1.82) is 0 Å². The lowest BCUT2D eigenvalue weighted by molar-refractivity contribution is 0.0163. The average molecular weight is 330 g/mol. The third-order valence-corrected chi connectivity index (χ3v) is 4.89. The number of rotatable bonds is 5. The van der Waals surface area contributed by atoms with Crippen LogP contribution in [0.4, 0.5) is 0 Å². The molecule has 4 nitrogen and oxygen atoms in total. The molecule has 2 aromatic rings. The zero-order valence-corrected chi connectivity index (χ0v) is 14.1. The molecule has 1 aliphatic rings. The summed E-state index contributed by atoms with van der Waals surface area (Å²) in [6, 6.07) is 10.0. The van der Waals surface area contributed by atoms with Gasteiger partial charge in [0.15, 0.2) is 0 Å². The molecule has 1 fully saturated rings. The number of morpholine rings is 1. The molecular formula is C18H22N2O2S. The number of amides is 1. The van der Waals surface area contributed by atoms with Crippen molar-refractivity contribution in [3.8, 4) is 0 Å². The first-order chi connectivity index (χ1) is 11.2. The van der Waals surface area contributed by atoms with Crippen LogP contribution in [0.2, 0.25) is 0 Å². The molecule has 0 unspecified atom stereocenters. The molecule has 1 aromatic carbocycles. The highest BCUT2D eigenvalue weighted by molar-refractivity contribution is 7.07. The van der Waals surface area contributed by atoms with E-state index in [1.54, 1.807) is 11.3 Å². The van der Waals surface area contributed by atoms with E-state index in [0.29, 0.717) is 12.1 Å². The summed E-state index contributed by atoms with van der Waals surface area (Å²) >= 11 is 1.69. The molecule has 5 heteroatoms. The van der Waals surface area contributed by atoms with Gasteiger partial charge in [-0.25, -0.2) is 0 Å². The summed E-state index contributed by atoms with van der Waals surface area (Å²) in [6.45, 7) is 5.96. The Kier molecular flexibility index (Phi) is 5.43. The maximum atomic E-state index is 12.4. The number of hydrogen-bond donors (Lipinski definition) is 1. The number of ether oxygens (including phenoxy) is 1. The topological polar surface area (TPSA) is 41.6 Å². The molecule has 23 heavy (non-hydrogen) atoms. The van der Waals surface area contributed by atoms with Crippen LogP contribution in [0, 0.1) is 6.92 Å². The van der Waals surface area contributed by atoms with Gasteiger partial charge in [-0.1, -0.05) is 17.7 Å². The molecule has 0 radical (unpaired) electrons. The first kappa shape index (κ1) is 16.2. The molecule has 122 valence electrons. The van der Waals surface area contributed by atoms with Crippen molar-refractivity contribution in [3.05, 3.63) is 57.8 Å². The van der Waals surface area contributed by atoms with Gasteiger partial charge in [-0.2, -0.15) is 11.3 Å². The highest BCUT2D eigenvalue weighted by Gasteiger charge is 2.23. The van der Waals surface area contributed by atoms with Crippen LogP contribution in [0.1, 0.15) is 27.5 Å². The summed E-state index contributed by atoms with van der Waals surface area (Å²) in [5.41, 5.74) is 3.13. The Morgan fingerprint density at radius 3 is 2.65 bits per heavy atom. The van der Waals surface area contributed by atoms with Crippen LogP contribution < -0.4 is 5.32 Å². The van der Waals surface area contributed by atoms with Crippen LogP contribution in [0.15, 0.2) is 41.1 Å². The average Bonchev–Trinajstić information content (AvgIpc) is 3.11.